The molecule has 1 fully saturated rings. The number of nitrogens with zero attached hydrogens (tertiary/aromatic N) is 1. The molecule has 3 aromatic rings. The van der Waals surface area contributed by atoms with Crippen LogP contribution in [0.25, 0.3) is 0 Å². The molecule has 0 radical (unpaired) electrons. The summed E-state index contributed by atoms with van der Waals surface area (Å²) < 4.78 is 12.6. The van der Waals surface area contributed by atoms with E-state index in [9.17, 15) is 0 Å². The molecule has 4 nitrogen and oxygen atoms in total. The highest BCUT2D eigenvalue weighted by Crippen LogP contribution is 2.43. The standard InChI is InChI=1S/C26H30N2O2/c1-28-17-22(16-27)15-24(28)23-13-8-14-25(29-18-20-9-4-2-5-10-20)26(23)30-19-21-11-6-3-7-12-21/h2-14,22,24H,15-19,27H2,1H3. The van der Waals surface area contributed by atoms with E-state index in [0.29, 0.717) is 25.7 Å². The van der Waals surface area contributed by atoms with Gasteiger partial charge in [-0.2, -0.15) is 0 Å². The molecule has 4 heteroatoms. The molecule has 0 saturated carbocycles. The maximum absolute atomic E-state index is 6.39. The zero-order chi connectivity index (χ0) is 20.8. The van der Waals surface area contributed by atoms with Crippen LogP contribution in [0.1, 0.15) is 29.2 Å². The Morgan fingerprint density at radius 1 is 0.833 bits per heavy atom. The predicted molar refractivity (Wildman–Crippen MR) is 121 cm³/mol. The summed E-state index contributed by atoms with van der Waals surface area (Å²) in [4.78, 5) is 2.38. The molecule has 0 amide bonds. The summed E-state index contributed by atoms with van der Waals surface area (Å²) in [5.41, 5.74) is 9.42. The van der Waals surface area contributed by atoms with E-state index in [4.69, 9.17) is 15.2 Å². The third-order valence-corrected chi connectivity index (χ3v) is 5.80. The molecule has 0 spiro atoms. The minimum absolute atomic E-state index is 0.282. The zero-order valence-corrected chi connectivity index (χ0v) is 17.5. The second kappa shape index (κ2) is 9.79. The van der Waals surface area contributed by atoms with Gasteiger partial charge in [0.2, 0.25) is 0 Å². The molecule has 3 aromatic carbocycles. The van der Waals surface area contributed by atoms with Gasteiger partial charge in [-0.25, -0.2) is 0 Å². The lowest BCUT2D eigenvalue weighted by Gasteiger charge is -2.24. The fourth-order valence-corrected chi connectivity index (χ4v) is 4.17. The van der Waals surface area contributed by atoms with Crippen LogP contribution in [0.15, 0.2) is 78.9 Å². The number of hydrogen-bond acceptors (Lipinski definition) is 4. The first kappa shape index (κ1) is 20.5. The zero-order valence-electron chi connectivity index (χ0n) is 17.5. The Hall–Kier alpha value is -2.82. The third kappa shape index (κ3) is 4.84. The van der Waals surface area contributed by atoms with Crippen LogP contribution in [0, 0.1) is 5.92 Å². The van der Waals surface area contributed by atoms with Crippen LogP contribution in [-0.2, 0) is 13.2 Å². The minimum Gasteiger partial charge on any atom is -0.485 e. The van der Waals surface area contributed by atoms with Gasteiger partial charge in [-0.05, 0) is 43.1 Å². The van der Waals surface area contributed by atoms with Gasteiger partial charge in [-0.3, -0.25) is 4.90 Å². The Morgan fingerprint density at radius 2 is 1.47 bits per heavy atom. The average Bonchev–Trinajstić information content (AvgIpc) is 3.18. The highest BCUT2D eigenvalue weighted by atomic mass is 16.5. The number of hydrogen-bond donors (Lipinski definition) is 1. The number of likely N-dealkylation sites (tertiary alicyclic amines) is 1. The first-order valence-electron chi connectivity index (χ1n) is 10.6. The maximum Gasteiger partial charge on any atom is 0.166 e. The van der Waals surface area contributed by atoms with Gasteiger partial charge in [0, 0.05) is 18.2 Å². The second-order valence-corrected chi connectivity index (χ2v) is 8.02. The molecule has 1 aliphatic rings. The van der Waals surface area contributed by atoms with Gasteiger partial charge in [-0.1, -0.05) is 72.8 Å². The number of nitrogens with two attached hydrogens (primary N) is 1. The molecule has 1 heterocycles. The van der Waals surface area contributed by atoms with Crippen LogP contribution in [0.5, 0.6) is 11.5 Å². The Bertz CT molecular complexity index is 930. The monoisotopic (exact) mass is 402 g/mol. The van der Waals surface area contributed by atoms with E-state index in [2.05, 4.69) is 48.3 Å². The molecular formula is C26H30N2O2. The van der Waals surface area contributed by atoms with Crippen LogP contribution >= 0.6 is 0 Å². The number of ether oxygens (including phenoxy) is 2. The summed E-state index contributed by atoms with van der Waals surface area (Å²) in [5, 5.41) is 0. The second-order valence-electron chi connectivity index (χ2n) is 8.02. The van der Waals surface area contributed by atoms with Gasteiger partial charge in [0.25, 0.3) is 0 Å². The van der Waals surface area contributed by atoms with Crippen molar-refractivity contribution in [2.24, 2.45) is 11.7 Å². The van der Waals surface area contributed by atoms with Gasteiger partial charge in [0.1, 0.15) is 13.2 Å². The van der Waals surface area contributed by atoms with E-state index >= 15 is 0 Å². The van der Waals surface area contributed by atoms with Crippen LogP contribution in [0.2, 0.25) is 0 Å². The molecule has 0 aliphatic carbocycles. The van der Waals surface area contributed by atoms with E-state index in [1.54, 1.807) is 0 Å². The molecule has 0 aromatic heterocycles. The molecule has 1 saturated heterocycles. The number of benzene rings is 3. The van der Waals surface area contributed by atoms with Gasteiger partial charge in [0.15, 0.2) is 11.5 Å². The van der Waals surface area contributed by atoms with Crippen LogP contribution in [0.4, 0.5) is 0 Å². The lowest BCUT2D eigenvalue weighted by atomic mass is 9.98. The SMILES string of the molecule is CN1CC(CN)CC1c1cccc(OCc2ccccc2)c1OCc1ccccc1. The molecular weight excluding hydrogens is 372 g/mol. The van der Waals surface area contributed by atoms with E-state index in [-0.39, 0.29) is 6.04 Å². The largest absolute Gasteiger partial charge is 0.485 e. The molecule has 0 bridgehead atoms. The summed E-state index contributed by atoms with van der Waals surface area (Å²) in [6.45, 7) is 2.74. The lowest BCUT2D eigenvalue weighted by molar-refractivity contribution is 0.243. The van der Waals surface area contributed by atoms with Crippen molar-refractivity contribution in [3.8, 4) is 11.5 Å². The molecule has 2 N–H and O–H groups in total. The normalized spacial score (nSPS) is 19.0. The summed E-state index contributed by atoms with van der Waals surface area (Å²) >= 11 is 0. The Balaban J connectivity index is 1.61. The van der Waals surface area contributed by atoms with Crippen molar-refractivity contribution in [3.63, 3.8) is 0 Å². The van der Waals surface area contributed by atoms with Crippen molar-refractivity contribution in [1.82, 2.24) is 4.90 Å². The van der Waals surface area contributed by atoms with Crippen LogP contribution < -0.4 is 15.2 Å². The van der Waals surface area contributed by atoms with Gasteiger partial charge in [0.05, 0.1) is 0 Å². The fraction of sp³-hybridized carbons (Fsp3) is 0.308. The summed E-state index contributed by atoms with van der Waals surface area (Å²) in [7, 11) is 2.17. The Labute approximate surface area is 179 Å². The molecule has 30 heavy (non-hydrogen) atoms. The Morgan fingerprint density at radius 3 is 2.07 bits per heavy atom. The molecule has 156 valence electrons. The van der Waals surface area contributed by atoms with Crippen molar-refractivity contribution >= 4 is 0 Å². The molecule has 2 atom stereocenters. The van der Waals surface area contributed by atoms with E-state index in [1.165, 1.54) is 5.56 Å². The van der Waals surface area contributed by atoms with Gasteiger partial charge < -0.3 is 15.2 Å². The quantitative estimate of drug-likeness (QED) is 0.588. The van der Waals surface area contributed by atoms with E-state index in [0.717, 1.165) is 35.6 Å². The third-order valence-electron chi connectivity index (χ3n) is 5.80. The highest BCUT2D eigenvalue weighted by Gasteiger charge is 2.32. The predicted octanol–water partition coefficient (Wildman–Crippen LogP) is 4.80. The molecule has 4 rings (SSSR count). The van der Waals surface area contributed by atoms with E-state index < -0.39 is 0 Å². The van der Waals surface area contributed by atoms with Crippen molar-refractivity contribution in [2.45, 2.75) is 25.7 Å². The maximum atomic E-state index is 6.39. The first-order chi connectivity index (χ1) is 14.7. The lowest BCUT2D eigenvalue weighted by Crippen LogP contribution is -2.21. The van der Waals surface area contributed by atoms with Crippen molar-refractivity contribution in [3.05, 3.63) is 95.6 Å². The van der Waals surface area contributed by atoms with Gasteiger partial charge >= 0.3 is 0 Å². The van der Waals surface area contributed by atoms with Gasteiger partial charge in [-0.15, -0.1) is 0 Å². The topological polar surface area (TPSA) is 47.7 Å². The smallest absolute Gasteiger partial charge is 0.166 e. The minimum atomic E-state index is 0.282. The first-order valence-corrected chi connectivity index (χ1v) is 10.6. The van der Waals surface area contributed by atoms with Crippen LogP contribution in [0.3, 0.4) is 0 Å². The van der Waals surface area contributed by atoms with Crippen molar-refractivity contribution in [1.29, 1.82) is 0 Å². The summed E-state index contributed by atoms with van der Waals surface area (Å²) in [6, 6.07) is 27.0. The van der Waals surface area contributed by atoms with Crippen molar-refractivity contribution < 1.29 is 9.47 Å². The number of para-hydroxylation sites is 1. The fourth-order valence-electron chi connectivity index (χ4n) is 4.17. The number of rotatable bonds is 8. The van der Waals surface area contributed by atoms with Crippen LogP contribution in [-0.4, -0.2) is 25.0 Å². The molecule has 1 aliphatic heterocycles. The summed E-state index contributed by atoms with van der Waals surface area (Å²) in [5.74, 6) is 2.14. The summed E-state index contributed by atoms with van der Waals surface area (Å²) in [6.07, 6.45) is 1.04. The van der Waals surface area contributed by atoms with E-state index in [1.807, 2.05) is 42.5 Å². The van der Waals surface area contributed by atoms with Crippen molar-refractivity contribution in [2.75, 3.05) is 20.1 Å². The Kier molecular flexibility index (Phi) is 6.67. The molecule has 2 unspecified atom stereocenters. The highest BCUT2D eigenvalue weighted by molar-refractivity contribution is 5.49. The average molecular weight is 403 g/mol.